The minimum Gasteiger partial charge on any atom is -0.290 e. The summed E-state index contributed by atoms with van der Waals surface area (Å²) in [6, 6.07) is 0.00404. The van der Waals surface area contributed by atoms with Crippen LogP contribution in [0.3, 0.4) is 0 Å². The predicted octanol–water partition coefficient (Wildman–Crippen LogP) is 0.793. The van der Waals surface area contributed by atoms with Crippen LogP contribution in [0.2, 0.25) is 0 Å². The first-order valence-corrected chi connectivity index (χ1v) is 2.97. The van der Waals surface area contributed by atoms with E-state index >= 15 is 0 Å². The Balaban J connectivity index is 2.58. The molecular weight excluding hydrogens is 138 g/mol. The molecular formula is C6H6ClNO. The zero-order chi connectivity index (χ0) is 6.69. The molecule has 0 aromatic rings. The van der Waals surface area contributed by atoms with E-state index < -0.39 is 0 Å². The number of carbonyl (C=O) groups excluding carboxylic acids is 1. The molecule has 48 valence electrons. The number of hydrogen-bond acceptors (Lipinski definition) is 2. The third-order valence-electron chi connectivity index (χ3n) is 1.06. The fourth-order valence-electron chi connectivity index (χ4n) is 0.589. The smallest absolute Gasteiger partial charge is 0.178 e. The third-order valence-corrected chi connectivity index (χ3v) is 1.31. The van der Waals surface area contributed by atoms with Gasteiger partial charge < -0.3 is 0 Å². The van der Waals surface area contributed by atoms with E-state index in [1.807, 2.05) is 0 Å². The summed E-state index contributed by atoms with van der Waals surface area (Å²) in [7, 11) is 0. The van der Waals surface area contributed by atoms with Crippen molar-refractivity contribution in [3.05, 3.63) is 24.3 Å². The molecule has 1 N–H and O–H groups in total. The Bertz CT molecular complexity index is 158. The van der Waals surface area contributed by atoms with E-state index in [0.717, 1.165) is 0 Å². The van der Waals surface area contributed by atoms with Crippen molar-refractivity contribution in [2.75, 3.05) is 0 Å². The molecule has 9 heavy (non-hydrogen) atoms. The van der Waals surface area contributed by atoms with Gasteiger partial charge in [0.2, 0.25) is 0 Å². The summed E-state index contributed by atoms with van der Waals surface area (Å²) >= 11 is 5.26. The topological polar surface area (TPSA) is 29.1 Å². The van der Waals surface area contributed by atoms with Crippen molar-refractivity contribution in [1.82, 2.24) is 4.84 Å². The Kier molecular flexibility index (Phi) is 2.03. The van der Waals surface area contributed by atoms with Crippen LogP contribution in [0.5, 0.6) is 0 Å². The molecule has 0 bridgehead atoms. The highest BCUT2D eigenvalue weighted by Crippen LogP contribution is 1.98. The van der Waals surface area contributed by atoms with E-state index in [2.05, 4.69) is 4.84 Å². The maximum atomic E-state index is 10.5. The number of ketones is 1. The van der Waals surface area contributed by atoms with Gasteiger partial charge in [-0.25, -0.2) is 4.84 Å². The van der Waals surface area contributed by atoms with Crippen molar-refractivity contribution >= 4 is 17.6 Å². The molecule has 0 atom stereocenters. The summed E-state index contributed by atoms with van der Waals surface area (Å²) in [5, 5.41) is 0. The summed E-state index contributed by atoms with van der Waals surface area (Å²) in [5.74, 6) is 0.0122. The van der Waals surface area contributed by atoms with Crippen LogP contribution < -0.4 is 4.84 Å². The number of hydrogen-bond donors (Lipinski definition) is 1. The van der Waals surface area contributed by atoms with Crippen LogP contribution in [0.1, 0.15) is 0 Å². The van der Waals surface area contributed by atoms with Crippen molar-refractivity contribution in [3.63, 3.8) is 0 Å². The molecule has 0 radical (unpaired) electrons. The zero-order valence-corrected chi connectivity index (χ0v) is 5.43. The fourth-order valence-corrected chi connectivity index (χ4v) is 0.735. The van der Waals surface area contributed by atoms with Crippen molar-refractivity contribution in [2.24, 2.45) is 0 Å². The van der Waals surface area contributed by atoms with Gasteiger partial charge in [-0.3, -0.25) is 4.79 Å². The molecule has 1 rings (SSSR count). The molecule has 0 saturated heterocycles. The summed E-state index contributed by atoms with van der Waals surface area (Å²) in [5.41, 5.74) is 0. The molecule has 0 saturated carbocycles. The Morgan fingerprint density at radius 2 is 2.00 bits per heavy atom. The summed E-state index contributed by atoms with van der Waals surface area (Å²) in [6.45, 7) is 0. The molecule has 3 heteroatoms. The first-order valence-electron chi connectivity index (χ1n) is 2.59. The Morgan fingerprint density at radius 1 is 1.44 bits per heavy atom. The zero-order valence-electron chi connectivity index (χ0n) is 4.67. The van der Waals surface area contributed by atoms with E-state index in [1.54, 1.807) is 12.2 Å². The van der Waals surface area contributed by atoms with Gasteiger partial charge in [0.1, 0.15) is 0 Å². The van der Waals surface area contributed by atoms with Crippen LogP contribution in [0.15, 0.2) is 24.3 Å². The van der Waals surface area contributed by atoms with Gasteiger partial charge in [0.05, 0.1) is 6.04 Å². The van der Waals surface area contributed by atoms with Gasteiger partial charge in [0.15, 0.2) is 5.78 Å². The van der Waals surface area contributed by atoms with E-state index in [0.29, 0.717) is 0 Å². The van der Waals surface area contributed by atoms with Gasteiger partial charge >= 0.3 is 0 Å². The molecule has 0 amide bonds. The van der Waals surface area contributed by atoms with Gasteiger partial charge in [-0.1, -0.05) is 12.2 Å². The van der Waals surface area contributed by atoms with Crippen LogP contribution >= 0.6 is 11.8 Å². The number of allylic oxidation sites excluding steroid dienone is 2. The minimum absolute atomic E-state index is 0.00404. The molecule has 0 spiro atoms. The van der Waals surface area contributed by atoms with Gasteiger partial charge in [-0.05, 0) is 23.9 Å². The highest BCUT2D eigenvalue weighted by molar-refractivity contribution is 6.14. The Labute approximate surface area is 58.3 Å². The van der Waals surface area contributed by atoms with Crippen molar-refractivity contribution in [1.29, 1.82) is 0 Å². The first kappa shape index (κ1) is 6.52. The van der Waals surface area contributed by atoms with Crippen LogP contribution in [-0.4, -0.2) is 11.8 Å². The lowest BCUT2D eigenvalue weighted by molar-refractivity contribution is -0.110. The van der Waals surface area contributed by atoms with Gasteiger partial charge in [-0.2, -0.15) is 0 Å². The molecule has 0 fully saturated rings. The SMILES string of the molecule is O=C1C=CC(NCl)C=C1. The van der Waals surface area contributed by atoms with Crippen LogP contribution in [0.25, 0.3) is 0 Å². The molecule has 0 aliphatic heterocycles. The molecule has 0 aromatic carbocycles. The maximum Gasteiger partial charge on any atom is 0.178 e. The lowest BCUT2D eigenvalue weighted by atomic mass is 10.1. The van der Waals surface area contributed by atoms with Crippen molar-refractivity contribution < 1.29 is 4.79 Å². The number of rotatable bonds is 1. The first-order chi connectivity index (χ1) is 4.33. The molecule has 0 unspecified atom stereocenters. The number of nitrogens with one attached hydrogen (secondary N) is 1. The summed E-state index contributed by atoms with van der Waals surface area (Å²) < 4.78 is 0. The molecule has 1 aliphatic carbocycles. The second-order valence-corrected chi connectivity index (χ2v) is 1.97. The fraction of sp³-hybridized carbons (Fsp3) is 0.167. The predicted molar refractivity (Wildman–Crippen MR) is 36.1 cm³/mol. The lowest BCUT2D eigenvalue weighted by Gasteiger charge is -2.04. The van der Waals surface area contributed by atoms with E-state index in [-0.39, 0.29) is 11.8 Å². The van der Waals surface area contributed by atoms with E-state index in [1.165, 1.54) is 12.2 Å². The summed E-state index contributed by atoms with van der Waals surface area (Å²) in [4.78, 5) is 13.0. The van der Waals surface area contributed by atoms with Crippen LogP contribution in [0, 0.1) is 0 Å². The maximum absolute atomic E-state index is 10.5. The quantitative estimate of drug-likeness (QED) is 0.550. The lowest BCUT2D eigenvalue weighted by Crippen LogP contribution is -2.17. The average molecular weight is 144 g/mol. The second-order valence-electron chi connectivity index (χ2n) is 1.76. The molecule has 1 aliphatic rings. The average Bonchev–Trinajstić information content (AvgIpc) is 1.90. The molecule has 0 aromatic heterocycles. The molecule has 0 heterocycles. The number of halogens is 1. The monoisotopic (exact) mass is 143 g/mol. The third kappa shape index (κ3) is 1.66. The standard InChI is InChI=1S/C6H6ClNO/c7-8-5-1-3-6(9)4-2-5/h1-5,8H. The largest absolute Gasteiger partial charge is 0.290 e. The van der Waals surface area contributed by atoms with Gasteiger partial charge in [-0.15, -0.1) is 0 Å². The van der Waals surface area contributed by atoms with Gasteiger partial charge in [0.25, 0.3) is 0 Å². The van der Waals surface area contributed by atoms with Crippen molar-refractivity contribution in [2.45, 2.75) is 6.04 Å². The normalized spacial score (nSPS) is 19.0. The Morgan fingerprint density at radius 3 is 2.44 bits per heavy atom. The summed E-state index contributed by atoms with van der Waals surface area (Å²) in [6.07, 6.45) is 6.38. The Hall–Kier alpha value is -0.600. The highest BCUT2D eigenvalue weighted by atomic mass is 35.5. The highest BCUT2D eigenvalue weighted by Gasteiger charge is 2.02. The minimum atomic E-state index is 0.00404. The number of carbonyl (C=O) groups is 1. The van der Waals surface area contributed by atoms with E-state index in [9.17, 15) is 4.79 Å². The van der Waals surface area contributed by atoms with Gasteiger partial charge in [0, 0.05) is 0 Å². The van der Waals surface area contributed by atoms with Crippen LogP contribution in [0.4, 0.5) is 0 Å². The van der Waals surface area contributed by atoms with Crippen molar-refractivity contribution in [3.8, 4) is 0 Å². The van der Waals surface area contributed by atoms with E-state index in [4.69, 9.17) is 11.8 Å². The van der Waals surface area contributed by atoms with Crippen LogP contribution in [-0.2, 0) is 4.79 Å². The second kappa shape index (κ2) is 2.80. The molecule has 2 nitrogen and oxygen atoms in total.